The van der Waals surface area contributed by atoms with Gasteiger partial charge in [-0.05, 0) is 39.0 Å². The number of carbonyl (C=O) groups is 2. The molecule has 0 aliphatic carbocycles. The molecule has 2 amide bonds. The van der Waals surface area contributed by atoms with E-state index in [0.29, 0.717) is 11.4 Å². The van der Waals surface area contributed by atoms with Crippen LogP contribution in [-0.2, 0) is 9.53 Å². The van der Waals surface area contributed by atoms with Crippen LogP contribution >= 0.6 is 11.6 Å². The van der Waals surface area contributed by atoms with Crippen molar-refractivity contribution in [1.29, 1.82) is 5.26 Å². The van der Waals surface area contributed by atoms with Crippen LogP contribution in [0.15, 0.2) is 18.2 Å². The Kier molecular flexibility index (Phi) is 5.56. The Morgan fingerprint density at radius 3 is 2.52 bits per heavy atom. The Labute approximate surface area is 128 Å². The molecule has 0 aliphatic heterocycles. The number of nitriles is 1. The van der Waals surface area contributed by atoms with E-state index >= 15 is 0 Å². The summed E-state index contributed by atoms with van der Waals surface area (Å²) in [4.78, 5) is 22.9. The Balaban J connectivity index is 2.73. The van der Waals surface area contributed by atoms with Crippen LogP contribution in [0.4, 0.5) is 16.2 Å². The normalized spacial score (nSPS) is 10.4. The smallest absolute Gasteiger partial charge is 0.412 e. The lowest BCUT2D eigenvalue weighted by Gasteiger charge is -2.20. The maximum atomic E-state index is 11.6. The molecule has 2 N–H and O–H groups in total. The highest BCUT2D eigenvalue weighted by Gasteiger charge is 2.17. The lowest BCUT2D eigenvalue weighted by Crippen LogP contribution is -2.27. The molecule has 6 nitrogen and oxygen atoms in total. The second-order valence-electron chi connectivity index (χ2n) is 5.20. The van der Waals surface area contributed by atoms with Crippen molar-refractivity contribution in [2.24, 2.45) is 0 Å². The Hall–Kier alpha value is -2.26. The summed E-state index contributed by atoms with van der Waals surface area (Å²) < 4.78 is 5.11. The van der Waals surface area contributed by atoms with Crippen molar-refractivity contribution < 1.29 is 14.3 Å². The van der Waals surface area contributed by atoms with Crippen LogP contribution in [0, 0.1) is 11.3 Å². The van der Waals surface area contributed by atoms with E-state index in [4.69, 9.17) is 21.6 Å². The molecule has 0 aliphatic rings. The number of halogens is 1. The third-order valence-corrected chi connectivity index (χ3v) is 2.44. The van der Waals surface area contributed by atoms with Gasteiger partial charge in [-0.2, -0.15) is 5.26 Å². The van der Waals surface area contributed by atoms with Gasteiger partial charge in [-0.1, -0.05) is 11.6 Å². The second kappa shape index (κ2) is 6.95. The molecule has 1 rings (SSSR count). The van der Waals surface area contributed by atoms with Crippen LogP contribution in [-0.4, -0.2) is 17.6 Å². The Morgan fingerprint density at radius 1 is 1.33 bits per heavy atom. The lowest BCUT2D eigenvalue weighted by molar-refractivity contribution is -0.115. The van der Waals surface area contributed by atoms with Gasteiger partial charge in [-0.15, -0.1) is 0 Å². The summed E-state index contributed by atoms with van der Waals surface area (Å²) in [6, 6.07) is 6.32. The molecule has 0 radical (unpaired) electrons. The second-order valence-corrected chi connectivity index (χ2v) is 5.61. The molecule has 0 fully saturated rings. The molecule has 0 bridgehead atoms. The predicted octanol–water partition coefficient (Wildman–Crippen LogP) is 3.54. The minimum absolute atomic E-state index is 0.241. The zero-order chi connectivity index (χ0) is 16.0. The van der Waals surface area contributed by atoms with E-state index in [1.807, 2.05) is 0 Å². The summed E-state index contributed by atoms with van der Waals surface area (Å²) in [5, 5.41) is 13.7. The van der Waals surface area contributed by atoms with Crippen LogP contribution in [0.25, 0.3) is 0 Å². The van der Waals surface area contributed by atoms with Crippen LogP contribution in [0.1, 0.15) is 27.2 Å². The van der Waals surface area contributed by atoms with E-state index in [9.17, 15) is 9.59 Å². The number of nitrogens with one attached hydrogen (secondary N) is 2. The number of ether oxygens (including phenoxy) is 1. The number of amides is 2. The molecule has 0 atom stereocenters. The first kappa shape index (κ1) is 16.8. The van der Waals surface area contributed by atoms with Gasteiger partial charge in [-0.25, -0.2) is 4.79 Å². The van der Waals surface area contributed by atoms with Crippen molar-refractivity contribution in [3.05, 3.63) is 23.2 Å². The molecule has 7 heteroatoms. The minimum Gasteiger partial charge on any atom is -0.444 e. The number of benzene rings is 1. The molecule has 0 aromatic heterocycles. The quantitative estimate of drug-likeness (QED) is 0.893. The Morgan fingerprint density at radius 2 is 2.00 bits per heavy atom. The predicted molar refractivity (Wildman–Crippen MR) is 80.2 cm³/mol. The zero-order valence-corrected chi connectivity index (χ0v) is 12.7. The molecule has 0 saturated carbocycles. The number of carbonyl (C=O) groups excluding carboxylic acids is 2. The van der Waals surface area contributed by atoms with Crippen LogP contribution < -0.4 is 10.6 Å². The van der Waals surface area contributed by atoms with E-state index in [1.165, 1.54) is 12.1 Å². The first-order chi connectivity index (χ1) is 9.71. The highest BCUT2D eigenvalue weighted by molar-refractivity contribution is 6.34. The summed E-state index contributed by atoms with van der Waals surface area (Å²) in [6.07, 6.45) is -0.860. The molecule has 112 valence electrons. The largest absolute Gasteiger partial charge is 0.444 e. The van der Waals surface area contributed by atoms with E-state index in [-0.39, 0.29) is 11.4 Å². The first-order valence-corrected chi connectivity index (χ1v) is 6.55. The molecule has 1 aromatic carbocycles. The standard InChI is InChI=1S/C14H16ClN3O3/c1-14(2,3)21-13(20)18-11-5-4-9(8-10(11)15)17-12(19)6-7-16/h4-5,8H,6H2,1-3H3,(H,17,19)(H,18,20). The van der Waals surface area contributed by atoms with Crippen molar-refractivity contribution in [1.82, 2.24) is 0 Å². The van der Waals surface area contributed by atoms with E-state index < -0.39 is 17.6 Å². The van der Waals surface area contributed by atoms with Crippen molar-refractivity contribution in [3.8, 4) is 6.07 Å². The minimum atomic E-state index is -0.620. The van der Waals surface area contributed by atoms with E-state index in [0.717, 1.165) is 0 Å². The maximum Gasteiger partial charge on any atom is 0.412 e. The fraction of sp³-hybridized carbons (Fsp3) is 0.357. The van der Waals surface area contributed by atoms with Gasteiger partial charge >= 0.3 is 6.09 Å². The van der Waals surface area contributed by atoms with Gasteiger partial charge in [0.2, 0.25) is 5.91 Å². The van der Waals surface area contributed by atoms with Gasteiger partial charge < -0.3 is 10.1 Å². The van der Waals surface area contributed by atoms with Gasteiger partial charge in [0.1, 0.15) is 12.0 Å². The lowest BCUT2D eigenvalue weighted by atomic mass is 10.2. The van der Waals surface area contributed by atoms with Gasteiger partial charge in [0, 0.05) is 5.69 Å². The SMILES string of the molecule is CC(C)(C)OC(=O)Nc1ccc(NC(=O)CC#N)cc1Cl. The average molecular weight is 310 g/mol. The average Bonchev–Trinajstić information content (AvgIpc) is 2.30. The first-order valence-electron chi connectivity index (χ1n) is 6.17. The molecule has 0 spiro atoms. The van der Waals surface area contributed by atoms with Crippen molar-refractivity contribution >= 4 is 35.0 Å². The fourth-order valence-electron chi connectivity index (χ4n) is 1.38. The van der Waals surface area contributed by atoms with Crippen molar-refractivity contribution in [2.75, 3.05) is 10.6 Å². The van der Waals surface area contributed by atoms with Gasteiger partial charge in [-0.3, -0.25) is 10.1 Å². The topological polar surface area (TPSA) is 91.2 Å². The molecule has 0 saturated heterocycles. The van der Waals surface area contributed by atoms with Gasteiger partial charge in [0.05, 0.1) is 16.8 Å². The molecular weight excluding hydrogens is 294 g/mol. The monoisotopic (exact) mass is 309 g/mol. The summed E-state index contributed by atoms with van der Waals surface area (Å²) in [6.45, 7) is 5.26. The van der Waals surface area contributed by atoms with Gasteiger partial charge in [0.15, 0.2) is 0 Å². The van der Waals surface area contributed by atoms with Gasteiger partial charge in [0.25, 0.3) is 0 Å². The highest BCUT2D eigenvalue weighted by Crippen LogP contribution is 2.26. The number of hydrogen-bond acceptors (Lipinski definition) is 4. The summed E-state index contributed by atoms with van der Waals surface area (Å²) in [7, 11) is 0. The zero-order valence-electron chi connectivity index (χ0n) is 12.0. The third-order valence-electron chi connectivity index (χ3n) is 2.13. The van der Waals surface area contributed by atoms with Crippen molar-refractivity contribution in [2.45, 2.75) is 32.8 Å². The van der Waals surface area contributed by atoms with Crippen LogP contribution in [0.3, 0.4) is 0 Å². The molecular formula is C14H16ClN3O3. The van der Waals surface area contributed by atoms with Crippen LogP contribution in [0.5, 0.6) is 0 Å². The summed E-state index contributed by atoms with van der Waals surface area (Å²) in [5.74, 6) is -0.429. The third kappa shape index (κ3) is 6.15. The van der Waals surface area contributed by atoms with E-state index in [2.05, 4.69) is 10.6 Å². The van der Waals surface area contributed by atoms with E-state index in [1.54, 1.807) is 32.9 Å². The fourth-order valence-corrected chi connectivity index (χ4v) is 1.61. The molecule has 21 heavy (non-hydrogen) atoms. The summed E-state index contributed by atoms with van der Waals surface area (Å²) in [5.41, 5.74) is 0.195. The van der Waals surface area contributed by atoms with Crippen LogP contribution in [0.2, 0.25) is 5.02 Å². The number of nitrogens with zero attached hydrogens (tertiary/aromatic N) is 1. The number of anilines is 2. The molecule has 0 heterocycles. The number of hydrogen-bond donors (Lipinski definition) is 2. The maximum absolute atomic E-state index is 11.6. The molecule has 1 aromatic rings. The summed E-state index contributed by atoms with van der Waals surface area (Å²) >= 11 is 6.02. The number of rotatable bonds is 3. The highest BCUT2D eigenvalue weighted by atomic mass is 35.5. The van der Waals surface area contributed by atoms with Crippen molar-refractivity contribution in [3.63, 3.8) is 0 Å². The Bertz CT molecular complexity index is 588. The molecule has 0 unspecified atom stereocenters.